The van der Waals surface area contributed by atoms with E-state index in [-0.39, 0.29) is 5.54 Å². The van der Waals surface area contributed by atoms with Gasteiger partial charge in [-0.1, -0.05) is 13.0 Å². The molecule has 4 heteroatoms. The number of rotatable bonds is 7. The molecule has 1 aromatic carbocycles. The molecule has 0 aliphatic carbocycles. The maximum absolute atomic E-state index is 8.93. The molecule has 0 spiro atoms. The zero-order chi connectivity index (χ0) is 15.9. The van der Waals surface area contributed by atoms with Gasteiger partial charge in [0.25, 0.3) is 0 Å². The van der Waals surface area contributed by atoms with Crippen LogP contribution in [0.3, 0.4) is 0 Å². The van der Waals surface area contributed by atoms with E-state index in [0.717, 1.165) is 17.7 Å². The molecule has 0 aliphatic heterocycles. The summed E-state index contributed by atoms with van der Waals surface area (Å²) in [5.41, 5.74) is 1.05. The lowest BCUT2D eigenvalue weighted by molar-refractivity contribution is 0.267. The van der Waals surface area contributed by atoms with Crippen molar-refractivity contribution in [2.24, 2.45) is 0 Å². The number of hydrogen-bond acceptors (Lipinski definition) is 4. The summed E-state index contributed by atoms with van der Waals surface area (Å²) in [5.74, 6) is 1.48. The molecule has 0 fully saturated rings. The van der Waals surface area contributed by atoms with Crippen molar-refractivity contribution in [3.8, 4) is 17.6 Å². The molecular weight excluding hydrogens is 264 g/mol. The van der Waals surface area contributed by atoms with Crippen LogP contribution in [0, 0.1) is 11.3 Å². The summed E-state index contributed by atoms with van der Waals surface area (Å²) in [6, 6.07) is 7.89. The van der Waals surface area contributed by atoms with Gasteiger partial charge in [0.15, 0.2) is 6.10 Å². The number of nitrogens with zero attached hydrogens (tertiary/aromatic N) is 1. The van der Waals surface area contributed by atoms with Crippen molar-refractivity contribution >= 4 is 0 Å². The van der Waals surface area contributed by atoms with Crippen molar-refractivity contribution < 1.29 is 9.47 Å². The lowest BCUT2D eigenvalue weighted by atomic mass is 10.1. The molecule has 0 saturated heterocycles. The monoisotopic (exact) mass is 290 g/mol. The molecular formula is C17H26N2O2. The van der Waals surface area contributed by atoms with Gasteiger partial charge in [0.1, 0.15) is 17.6 Å². The normalized spacial score (nSPS) is 12.6. The Morgan fingerprint density at radius 3 is 2.62 bits per heavy atom. The van der Waals surface area contributed by atoms with Crippen molar-refractivity contribution in [2.75, 3.05) is 6.61 Å². The highest BCUT2D eigenvalue weighted by Gasteiger charge is 2.13. The molecule has 0 amide bonds. The Kier molecular flexibility index (Phi) is 6.51. The molecule has 1 rings (SSSR count). The Bertz CT molecular complexity index is 487. The summed E-state index contributed by atoms with van der Waals surface area (Å²) >= 11 is 0. The maximum Gasteiger partial charge on any atom is 0.181 e. The molecule has 116 valence electrons. The molecule has 1 aromatic rings. The average molecular weight is 290 g/mol. The maximum atomic E-state index is 8.93. The van der Waals surface area contributed by atoms with Gasteiger partial charge in [-0.25, -0.2) is 0 Å². The molecule has 0 radical (unpaired) electrons. The summed E-state index contributed by atoms with van der Waals surface area (Å²) in [6.07, 6.45) is 0.470. The summed E-state index contributed by atoms with van der Waals surface area (Å²) in [5, 5.41) is 12.4. The van der Waals surface area contributed by atoms with Crippen LogP contribution in [0.4, 0.5) is 0 Å². The Morgan fingerprint density at radius 2 is 2.05 bits per heavy atom. The van der Waals surface area contributed by atoms with E-state index in [0.29, 0.717) is 18.9 Å². The third-order valence-corrected chi connectivity index (χ3v) is 2.81. The third-order valence-electron chi connectivity index (χ3n) is 2.81. The fourth-order valence-corrected chi connectivity index (χ4v) is 1.68. The summed E-state index contributed by atoms with van der Waals surface area (Å²) < 4.78 is 11.3. The van der Waals surface area contributed by atoms with E-state index in [1.807, 2.05) is 18.2 Å². The first kappa shape index (κ1) is 17.3. The van der Waals surface area contributed by atoms with Crippen molar-refractivity contribution in [3.05, 3.63) is 23.8 Å². The van der Waals surface area contributed by atoms with Crippen LogP contribution in [-0.2, 0) is 6.54 Å². The van der Waals surface area contributed by atoms with Gasteiger partial charge < -0.3 is 14.8 Å². The lowest BCUT2D eigenvalue weighted by Gasteiger charge is -2.22. The smallest absolute Gasteiger partial charge is 0.181 e. The van der Waals surface area contributed by atoms with Crippen LogP contribution in [0.25, 0.3) is 0 Å². The summed E-state index contributed by atoms with van der Waals surface area (Å²) in [7, 11) is 0. The summed E-state index contributed by atoms with van der Waals surface area (Å²) in [4.78, 5) is 0. The Hall–Kier alpha value is -1.73. The van der Waals surface area contributed by atoms with Crippen LogP contribution in [0.5, 0.6) is 11.5 Å². The molecule has 0 saturated carbocycles. The average Bonchev–Trinajstić information content (AvgIpc) is 2.43. The highest BCUT2D eigenvalue weighted by atomic mass is 16.5. The first-order valence-corrected chi connectivity index (χ1v) is 7.42. The standard InChI is InChI=1S/C17H26N2O2/c1-6-9-20-15-8-7-14(12-19-17(3,4)5)16(10-15)21-13(2)11-18/h7-8,10,13,19H,6,9,12H2,1-5H3. The minimum Gasteiger partial charge on any atom is -0.493 e. The van der Waals surface area contributed by atoms with E-state index in [9.17, 15) is 0 Å². The molecule has 0 heterocycles. The second-order valence-electron chi connectivity index (χ2n) is 6.11. The molecule has 1 N–H and O–H groups in total. The van der Waals surface area contributed by atoms with E-state index in [2.05, 4.69) is 39.1 Å². The van der Waals surface area contributed by atoms with Gasteiger partial charge in [-0.3, -0.25) is 0 Å². The SMILES string of the molecule is CCCOc1ccc(CNC(C)(C)C)c(OC(C)C#N)c1. The number of nitrogens with one attached hydrogen (secondary N) is 1. The minimum absolute atomic E-state index is 0.0233. The van der Waals surface area contributed by atoms with Crippen LogP contribution in [0.15, 0.2) is 18.2 Å². The highest BCUT2D eigenvalue weighted by molar-refractivity contribution is 5.41. The van der Waals surface area contributed by atoms with E-state index < -0.39 is 6.10 Å². The van der Waals surface area contributed by atoms with Crippen molar-refractivity contribution in [1.82, 2.24) is 5.32 Å². The highest BCUT2D eigenvalue weighted by Crippen LogP contribution is 2.26. The van der Waals surface area contributed by atoms with Crippen LogP contribution in [-0.4, -0.2) is 18.2 Å². The quantitative estimate of drug-likeness (QED) is 0.832. The molecule has 0 aromatic heterocycles. The van der Waals surface area contributed by atoms with Crippen molar-refractivity contribution in [1.29, 1.82) is 5.26 Å². The molecule has 21 heavy (non-hydrogen) atoms. The first-order chi connectivity index (χ1) is 9.85. The van der Waals surface area contributed by atoms with Gasteiger partial charge in [-0.2, -0.15) is 5.26 Å². The third kappa shape index (κ3) is 6.50. The summed E-state index contributed by atoms with van der Waals surface area (Å²) in [6.45, 7) is 11.5. The zero-order valence-corrected chi connectivity index (χ0v) is 13.7. The van der Waals surface area contributed by atoms with E-state index >= 15 is 0 Å². The molecule has 4 nitrogen and oxygen atoms in total. The zero-order valence-electron chi connectivity index (χ0n) is 13.7. The van der Waals surface area contributed by atoms with Crippen LogP contribution < -0.4 is 14.8 Å². The van der Waals surface area contributed by atoms with Gasteiger partial charge >= 0.3 is 0 Å². The first-order valence-electron chi connectivity index (χ1n) is 7.42. The van der Waals surface area contributed by atoms with Gasteiger partial charge in [0, 0.05) is 23.7 Å². The van der Waals surface area contributed by atoms with Crippen molar-refractivity contribution in [3.63, 3.8) is 0 Å². The van der Waals surface area contributed by atoms with Gasteiger partial charge in [0.05, 0.1) is 6.61 Å². The predicted molar refractivity (Wildman–Crippen MR) is 84.5 cm³/mol. The predicted octanol–water partition coefficient (Wildman–Crippen LogP) is 3.65. The van der Waals surface area contributed by atoms with Crippen LogP contribution in [0.1, 0.15) is 46.6 Å². The number of hydrogen-bond donors (Lipinski definition) is 1. The second-order valence-corrected chi connectivity index (χ2v) is 6.11. The molecule has 1 atom stereocenters. The molecule has 1 unspecified atom stereocenters. The number of nitriles is 1. The van der Waals surface area contributed by atoms with E-state index in [4.69, 9.17) is 14.7 Å². The lowest BCUT2D eigenvalue weighted by Crippen LogP contribution is -2.35. The largest absolute Gasteiger partial charge is 0.493 e. The van der Waals surface area contributed by atoms with Gasteiger partial charge in [-0.15, -0.1) is 0 Å². The second kappa shape index (κ2) is 7.90. The Morgan fingerprint density at radius 1 is 1.33 bits per heavy atom. The Balaban J connectivity index is 2.91. The fraction of sp³-hybridized carbons (Fsp3) is 0.588. The molecule has 0 aliphatic rings. The van der Waals surface area contributed by atoms with Gasteiger partial charge in [-0.05, 0) is 40.2 Å². The van der Waals surface area contributed by atoms with E-state index in [1.165, 1.54) is 0 Å². The molecule has 0 bridgehead atoms. The number of ether oxygens (including phenoxy) is 2. The minimum atomic E-state index is -0.486. The topological polar surface area (TPSA) is 54.3 Å². The Labute approximate surface area is 128 Å². The van der Waals surface area contributed by atoms with Crippen LogP contribution >= 0.6 is 0 Å². The van der Waals surface area contributed by atoms with Crippen LogP contribution in [0.2, 0.25) is 0 Å². The van der Waals surface area contributed by atoms with Crippen molar-refractivity contribution in [2.45, 2.75) is 59.2 Å². The van der Waals surface area contributed by atoms with E-state index in [1.54, 1.807) is 6.92 Å². The van der Waals surface area contributed by atoms with Gasteiger partial charge in [0.2, 0.25) is 0 Å². The fourth-order valence-electron chi connectivity index (χ4n) is 1.68. The number of benzene rings is 1.